The molecule has 0 radical (unpaired) electrons. The van der Waals surface area contributed by atoms with Gasteiger partial charge in [-0.25, -0.2) is 0 Å². The number of rotatable bonds is 8. The fraction of sp³-hybridized carbons (Fsp3) is 0.238. The van der Waals surface area contributed by atoms with Crippen molar-refractivity contribution in [3.8, 4) is 0 Å². The molecule has 0 unspecified atom stereocenters. The Morgan fingerprint density at radius 3 is 0.967 bits per heavy atom. The first-order valence-corrected chi connectivity index (χ1v) is 18.2. The predicted octanol–water partition coefficient (Wildman–Crippen LogP) is 13.0. The minimum Gasteiger partial charge on any atom is -0.310 e. The highest BCUT2D eigenvalue weighted by Gasteiger charge is 2.44. The number of benzene rings is 5. The molecule has 0 N–H and O–H groups in total. The van der Waals surface area contributed by atoms with Gasteiger partial charge in [0, 0.05) is 25.9 Å². The third kappa shape index (κ3) is 7.93. The first-order valence-electron chi connectivity index (χ1n) is 18.2. The Bertz CT molecular complexity index is 2280. The summed E-state index contributed by atoms with van der Waals surface area (Å²) < 4.78 is 178. The van der Waals surface area contributed by atoms with Crippen LogP contribution in [0.15, 0.2) is 109 Å². The smallest absolute Gasteiger partial charge is 0.310 e. The Kier molecular flexibility index (Phi) is 10.8. The summed E-state index contributed by atoms with van der Waals surface area (Å²) in [6.45, 7) is -0.423. The van der Waals surface area contributed by atoms with Gasteiger partial charge in [-0.2, -0.15) is 52.7 Å². The van der Waals surface area contributed by atoms with Crippen LogP contribution in [0.4, 0.5) is 98.2 Å². The van der Waals surface area contributed by atoms with E-state index < -0.39 is 104 Å². The molecule has 7 rings (SSSR count). The molecule has 5 aromatic rings. The van der Waals surface area contributed by atoms with Crippen LogP contribution in [-0.2, 0) is 34.3 Å². The Hall–Kier alpha value is -6.20. The van der Waals surface area contributed by atoms with E-state index in [0.717, 1.165) is 94.7 Å². The van der Waals surface area contributed by atoms with Crippen molar-refractivity contribution in [3.05, 3.63) is 131 Å². The topological polar surface area (TPSA) is 47.1 Å². The van der Waals surface area contributed by atoms with Crippen molar-refractivity contribution in [1.82, 2.24) is 0 Å². The van der Waals surface area contributed by atoms with E-state index in [0.29, 0.717) is 34.1 Å². The average Bonchev–Trinajstić information content (AvgIpc) is 3.82. The Morgan fingerprint density at radius 2 is 0.700 bits per heavy atom. The van der Waals surface area contributed by atoms with E-state index in [4.69, 9.17) is 0 Å². The maximum absolute atomic E-state index is 14.9. The van der Waals surface area contributed by atoms with E-state index in [2.05, 4.69) is 0 Å². The Balaban J connectivity index is 1.69. The van der Waals surface area contributed by atoms with Crippen LogP contribution < -0.4 is 19.6 Å². The molecule has 6 nitrogen and oxygen atoms in total. The Labute approximate surface area is 333 Å². The van der Waals surface area contributed by atoms with Gasteiger partial charge in [-0.15, -0.1) is 0 Å². The molecular formula is C42H30F12N4O2. The van der Waals surface area contributed by atoms with Gasteiger partial charge in [0.1, 0.15) is 0 Å². The lowest BCUT2D eigenvalue weighted by molar-refractivity contribution is -0.138. The summed E-state index contributed by atoms with van der Waals surface area (Å²) in [6, 6.07) is 16.3. The van der Waals surface area contributed by atoms with Gasteiger partial charge in [-0.3, -0.25) is 9.59 Å². The second-order valence-electron chi connectivity index (χ2n) is 13.9. The first kappa shape index (κ1) is 41.9. The lowest BCUT2D eigenvalue weighted by atomic mass is 10.0. The molecular weight excluding hydrogens is 820 g/mol. The Morgan fingerprint density at radius 1 is 0.417 bits per heavy atom. The minimum atomic E-state index is -5.21. The first-order chi connectivity index (χ1) is 28.2. The summed E-state index contributed by atoms with van der Waals surface area (Å²) in [5.74, 6) is -1.42. The molecule has 60 heavy (non-hydrogen) atoms. The molecule has 2 aliphatic heterocycles. The molecule has 0 aromatic heterocycles. The van der Waals surface area contributed by atoms with E-state index in [9.17, 15) is 62.3 Å². The highest BCUT2D eigenvalue weighted by atomic mass is 19.4. The number of nitrogens with zero attached hydrogens (tertiary/aromatic N) is 4. The third-order valence-corrected chi connectivity index (χ3v) is 10.1. The zero-order valence-electron chi connectivity index (χ0n) is 30.8. The fourth-order valence-electron chi connectivity index (χ4n) is 7.58. The molecule has 0 spiro atoms. The summed E-state index contributed by atoms with van der Waals surface area (Å²) in [4.78, 5) is 30.6. The summed E-state index contributed by atoms with van der Waals surface area (Å²) in [7, 11) is 0. The van der Waals surface area contributed by atoms with Crippen LogP contribution in [-0.4, -0.2) is 24.9 Å². The number of halogens is 12. The third-order valence-electron chi connectivity index (χ3n) is 10.1. The van der Waals surface area contributed by atoms with Crippen LogP contribution >= 0.6 is 0 Å². The second kappa shape index (κ2) is 15.4. The van der Waals surface area contributed by atoms with Gasteiger partial charge in [0.05, 0.1) is 67.8 Å². The van der Waals surface area contributed by atoms with Gasteiger partial charge < -0.3 is 19.6 Å². The zero-order chi connectivity index (χ0) is 43.4. The SMILES string of the molecule is O=C1CCCN1c1cc(N(c2ccccc2C(F)(F)F)c2ccccc2C(F)(F)F)cc(N2CCCC2=O)c1N(c1ccccc1C(F)(F)F)c1ccccc1C(F)(F)F. The lowest BCUT2D eigenvalue weighted by Crippen LogP contribution is -2.31. The van der Waals surface area contributed by atoms with E-state index >= 15 is 0 Å². The standard InChI is InChI=1S/C42H30F12N4O2/c43-39(44,45)26-11-1-5-15-30(26)57(31-16-6-2-12-27(31)40(46,47)48)25-23-34(55-21-9-19-36(55)59)38(35(24-25)56-22-10-20-37(56)60)58(32-17-7-3-13-28(32)41(49,50)51)33-18-8-4-14-29(33)42(52,53)54/h1-8,11-18,23-24H,9-10,19-22H2. The summed E-state index contributed by atoms with van der Waals surface area (Å²) >= 11 is 0. The van der Waals surface area contributed by atoms with Crippen LogP contribution in [0, 0.1) is 0 Å². The molecule has 2 heterocycles. The van der Waals surface area contributed by atoms with Crippen molar-refractivity contribution in [2.75, 3.05) is 32.7 Å². The predicted molar refractivity (Wildman–Crippen MR) is 199 cm³/mol. The highest BCUT2D eigenvalue weighted by Crippen LogP contribution is 2.56. The van der Waals surface area contributed by atoms with Gasteiger partial charge in [-0.05, 0) is 73.5 Å². The maximum Gasteiger partial charge on any atom is 0.418 e. The molecule has 2 fully saturated rings. The van der Waals surface area contributed by atoms with Crippen molar-refractivity contribution in [2.24, 2.45) is 0 Å². The van der Waals surface area contributed by atoms with E-state index in [1.165, 1.54) is 0 Å². The number of para-hydroxylation sites is 4. The van der Waals surface area contributed by atoms with Gasteiger partial charge in [0.15, 0.2) is 0 Å². The molecule has 2 saturated heterocycles. The number of hydrogen-bond acceptors (Lipinski definition) is 4. The maximum atomic E-state index is 14.9. The van der Waals surface area contributed by atoms with Crippen molar-refractivity contribution < 1.29 is 62.3 Å². The normalized spacial score (nSPS) is 15.3. The molecule has 2 amide bonds. The number of carbonyl (C=O) groups excluding carboxylic acids is 2. The monoisotopic (exact) mass is 850 g/mol. The van der Waals surface area contributed by atoms with Crippen LogP contribution in [0.25, 0.3) is 0 Å². The highest BCUT2D eigenvalue weighted by molar-refractivity contribution is 6.10. The van der Waals surface area contributed by atoms with Crippen LogP contribution in [0.5, 0.6) is 0 Å². The van der Waals surface area contributed by atoms with Crippen LogP contribution in [0.3, 0.4) is 0 Å². The summed E-state index contributed by atoms with van der Waals surface area (Å²) in [5.41, 5.74) is -11.3. The molecule has 0 aliphatic carbocycles. The number of anilines is 8. The number of amides is 2. The van der Waals surface area contributed by atoms with Gasteiger partial charge in [0.25, 0.3) is 0 Å². The largest absolute Gasteiger partial charge is 0.418 e. The summed E-state index contributed by atoms with van der Waals surface area (Å²) in [6.07, 6.45) is -20.9. The zero-order valence-corrected chi connectivity index (χ0v) is 30.8. The van der Waals surface area contributed by atoms with E-state index in [1.807, 2.05) is 0 Å². The molecule has 5 aromatic carbocycles. The number of carbonyl (C=O) groups is 2. The molecule has 18 heteroatoms. The quantitative estimate of drug-likeness (QED) is 0.146. The second-order valence-corrected chi connectivity index (χ2v) is 13.9. The summed E-state index contributed by atoms with van der Waals surface area (Å²) in [5, 5.41) is 0. The van der Waals surface area contributed by atoms with Gasteiger partial charge in [0.2, 0.25) is 11.8 Å². The number of hydrogen-bond donors (Lipinski definition) is 0. The minimum absolute atomic E-state index is 0.107. The van der Waals surface area contributed by atoms with Crippen molar-refractivity contribution in [2.45, 2.75) is 50.4 Å². The van der Waals surface area contributed by atoms with Crippen molar-refractivity contribution >= 4 is 57.3 Å². The molecule has 0 atom stereocenters. The van der Waals surface area contributed by atoms with Crippen molar-refractivity contribution in [3.63, 3.8) is 0 Å². The fourth-order valence-corrected chi connectivity index (χ4v) is 7.58. The average molecular weight is 851 g/mol. The molecule has 314 valence electrons. The lowest BCUT2D eigenvalue weighted by Gasteiger charge is -2.38. The molecule has 0 saturated carbocycles. The molecule has 0 bridgehead atoms. The van der Waals surface area contributed by atoms with E-state index in [1.54, 1.807) is 0 Å². The van der Waals surface area contributed by atoms with Gasteiger partial charge in [-0.1, -0.05) is 48.5 Å². The van der Waals surface area contributed by atoms with Crippen LogP contribution in [0.1, 0.15) is 47.9 Å². The van der Waals surface area contributed by atoms with Crippen molar-refractivity contribution in [1.29, 1.82) is 0 Å². The number of alkyl halides is 12. The van der Waals surface area contributed by atoms with E-state index in [-0.39, 0.29) is 38.8 Å². The van der Waals surface area contributed by atoms with Crippen LogP contribution in [0.2, 0.25) is 0 Å². The van der Waals surface area contributed by atoms with Gasteiger partial charge >= 0.3 is 24.7 Å². The molecule has 2 aliphatic rings.